The molecule has 13 heteroatoms. The van der Waals surface area contributed by atoms with E-state index >= 15 is 0 Å². The molecule has 1 aliphatic heterocycles. The van der Waals surface area contributed by atoms with Crippen molar-refractivity contribution in [3.63, 3.8) is 0 Å². The molecular weight excluding hydrogens is 498 g/mol. The molecule has 0 aliphatic carbocycles. The summed E-state index contributed by atoms with van der Waals surface area (Å²) in [5.74, 6) is -3.47. The van der Waals surface area contributed by atoms with Crippen LogP contribution in [0.15, 0.2) is 6.07 Å². The van der Waals surface area contributed by atoms with Crippen molar-refractivity contribution < 1.29 is 42.9 Å². The molecule has 0 spiro atoms. The summed E-state index contributed by atoms with van der Waals surface area (Å²) >= 11 is 6.11. The lowest BCUT2D eigenvalue weighted by molar-refractivity contribution is -0.158. The molecule has 202 valence electrons. The van der Waals surface area contributed by atoms with E-state index in [-0.39, 0.29) is 49.7 Å². The van der Waals surface area contributed by atoms with E-state index in [1.807, 2.05) is 11.8 Å². The number of esters is 4. The highest BCUT2D eigenvalue weighted by Crippen LogP contribution is 2.25. The SMILES string of the molecule is CCOC(=O)C(C(=O)OCC)c1cc(Cl)nc(N2CCOC[C@@H]2C)n1.CCOC(=O)CC(=O)OCC. The maximum atomic E-state index is 12.3. The minimum absolute atomic E-state index is 0.0451. The number of morpholine rings is 1. The van der Waals surface area contributed by atoms with Gasteiger partial charge < -0.3 is 28.6 Å². The number of hydrogen-bond donors (Lipinski definition) is 0. The largest absolute Gasteiger partial charge is 0.466 e. The first-order valence-corrected chi connectivity index (χ1v) is 12.1. The van der Waals surface area contributed by atoms with Gasteiger partial charge in [0.25, 0.3) is 0 Å². The van der Waals surface area contributed by atoms with Gasteiger partial charge in [-0.15, -0.1) is 0 Å². The highest BCUT2D eigenvalue weighted by molar-refractivity contribution is 6.29. The van der Waals surface area contributed by atoms with Crippen LogP contribution < -0.4 is 4.90 Å². The molecule has 2 heterocycles. The number of nitrogens with zero attached hydrogens (tertiary/aromatic N) is 3. The van der Waals surface area contributed by atoms with Crippen LogP contribution in [-0.2, 0) is 42.9 Å². The molecular formula is C23H34ClN3O9. The van der Waals surface area contributed by atoms with E-state index in [1.165, 1.54) is 6.07 Å². The fourth-order valence-corrected chi connectivity index (χ4v) is 3.24. The zero-order valence-corrected chi connectivity index (χ0v) is 22.0. The third-order valence-electron chi connectivity index (χ3n) is 4.57. The van der Waals surface area contributed by atoms with Crippen LogP contribution >= 0.6 is 11.6 Å². The summed E-state index contributed by atoms with van der Waals surface area (Å²) in [7, 11) is 0. The molecule has 1 aromatic rings. The molecule has 12 nitrogen and oxygen atoms in total. The Morgan fingerprint density at radius 3 is 1.97 bits per heavy atom. The molecule has 0 aromatic carbocycles. The van der Waals surface area contributed by atoms with Crippen molar-refractivity contribution in [3.05, 3.63) is 16.9 Å². The van der Waals surface area contributed by atoms with Gasteiger partial charge in [-0.25, -0.2) is 9.97 Å². The zero-order valence-electron chi connectivity index (χ0n) is 21.3. The molecule has 1 aromatic heterocycles. The first kappa shape index (κ1) is 31.0. The van der Waals surface area contributed by atoms with Gasteiger partial charge in [-0.05, 0) is 40.7 Å². The zero-order chi connectivity index (χ0) is 27.1. The standard InChI is InChI=1S/C16H22ClN3O5.C7H12O4/c1-4-24-14(21)13(15(22)25-5-2)11-8-12(17)19-16(18-11)20-6-7-23-9-10(20)3;1-3-10-6(8)5-7(9)11-4-2/h8,10,13H,4-7,9H2,1-3H3;3-5H2,1-2H3/t10-;/m0./s1. The van der Waals surface area contributed by atoms with Crippen molar-refractivity contribution in [1.82, 2.24) is 9.97 Å². The fourth-order valence-electron chi connectivity index (χ4n) is 3.05. The number of carbonyl (C=O) groups excluding carboxylic acids is 4. The average Bonchev–Trinajstić information content (AvgIpc) is 2.80. The predicted molar refractivity (Wildman–Crippen MR) is 129 cm³/mol. The molecule has 1 fully saturated rings. The highest BCUT2D eigenvalue weighted by Gasteiger charge is 2.34. The Morgan fingerprint density at radius 1 is 0.972 bits per heavy atom. The minimum Gasteiger partial charge on any atom is -0.466 e. The molecule has 0 saturated carbocycles. The molecule has 1 aliphatic rings. The van der Waals surface area contributed by atoms with E-state index in [4.69, 9.17) is 25.8 Å². The number of halogens is 1. The van der Waals surface area contributed by atoms with E-state index in [2.05, 4.69) is 19.4 Å². The summed E-state index contributed by atoms with van der Waals surface area (Å²) in [6.07, 6.45) is -0.290. The Hall–Kier alpha value is -2.99. The van der Waals surface area contributed by atoms with E-state index in [9.17, 15) is 19.2 Å². The number of anilines is 1. The maximum absolute atomic E-state index is 12.3. The van der Waals surface area contributed by atoms with E-state index < -0.39 is 29.8 Å². The Morgan fingerprint density at radius 2 is 1.50 bits per heavy atom. The highest BCUT2D eigenvalue weighted by atomic mass is 35.5. The van der Waals surface area contributed by atoms with Crippen LogP contribution in [0.1, 0.15) is 52.7 Å². The predicted octanol–water partition coefficient (Wildman–Crippen LogP) is 2.07. The molecule has 0 radical (unpaired) electrons. The molecule has 0 N–H and O–H groups in total. The fraction of sp³-hybridized carbons (Fsp3) is 0.652. The van der Waals surface area contributed by atoms with Gasteiger partial charge >= 0.3 is 23.9 Å². The Balaban J connectivity index is 0.000000497. The van der Waals surface area contributed by atoms with E-state index in [0.29, 0.717) is 25.7 Å². The molecule has 2 rings (SSSR count). The third-order valence-corrected chi connectivity index (χ3v) is 4.76. The number of hydrogen-bond acceptors (Lipinski definition) is 12. The molecule has 0 amide bonds. The lowest BCUT2D eigenvalue weighted by atomic mass is 10.1. The second-order valence-corrected chi connectivity index (χ2v) is 7.64. The topological polar surface area (TPSA) is 143 Å². The van der Waals surface area contributed by atoms with Crippen LogP contribution in [0, 0.1) is 0 Å². The summed E-state index contributed by atoms with van der Waals surface area (Å²) in [4.78, 5) is 56.3. The summed E-state index contributed by atoms with van der Waals surface area (Å²) in [5, 5.41) is 0.136. The van der Waals surface area contributed by atoms with E-state index in [1.54, 1.807) is 27.7 Å². The van der Waals surface area contributed by atoms with Gasteiger partial charge in [0.1, 0.15) is 11.6 Å². The van der Waals surface area contributed by atoms with Gasteiger partial charge in [-0.3, -0.25) is 19.2 Å². The van der Waals surface area contributed by atoms with Crippen LogP contribution in [0.25, 0.3) is 0 Å². The second-order valence-electron chi connectivity index (χ2n) is 7.26. The first-order chi connectivity index (χ1) is 17.2. The van der Waals surface area contributed by atoms with Crippen molar-refractivity contribution in [3.8, 4) is 0 Å². The summed E-state index contributed by atoms with van der Waals surface area (Å²) in [6.45, 7) is 11.2. The van der Waals surface area contributed by atoms with Crippen molar-refractivity contribution in [2.45, 2.75) is 53.0 Å². The van der Waals surface area contributed by atoms with E-state index in [0.717, 1.165) is 0 Å². The van der Waals surface area contributed by atoms with Gasteiger partial charge in [-0.2, -0.15) is 0 Å². The number of aromatic nitrogens is 2. The second kappa shape index (κ2) is 16.6. The number of carbonyl (C=O) groups is 4. The lowest BCUT2D eigenvalue weighted by Crippen LogP contribution is -2.44. The average molecular weight is 532 g/mol. The molecule has 0 bridgehead atoms. The number of rotatable bonds is 10. The van der Waals surface area contributed by atoms with Gasteiger partial charge in [-0.1, -0.05) is 11.6 Å². The monoisotopic (exact) mass is 531 g/mol. The lowest BCUT2D eigenvalue weighted by Gasteiger charge is -2.33. The van der Waals surface area contributed by atoms with Crippen LogP contribution in [0.2, 0.25) is 5.15 Å². The smallest absolute Gasteiger partial charge is 0.326 e. The molecule has 0 unspecified atom stereocenters. The molecule has 36 heavy (non-hydrogen) atoms. The number of ether oxygens (including phenoxy) is 5. The maximum Gasteiger partial charge on any atom is 0.326 e. The van der Waals surface area contributed by atoms with Crippen molar-refractivity contribution in [2.24, 2.45) is 0 Å². The Kier molecular flexibility index (Phi) is 14.3. The quantitative estimate of drug-likeness (QED) is 0.188. The van der Waals surface area contributed by atoms with Crippen molar-refractivity contribution in [2.75, 3.05) is 51.1 Å². The normalized spacial score (nSPS) is 14.9. The van der Waals surface area contributed by atoms with Crippen LogP contribution in [0.5, 0.6) is 0 Å². The Bertz CT molecular complexity index is 850. The molecule has 1 saturated heterocycles. The van der Waals surface area contributed by atoms with Crippen LogP contribution in [-0.4, -0.2) is 86.1 Å². The third kappa shape index (κ3) is 10.3. The van der Waals surface area contributed by atoms with Crippen molar-refractivity contribution >= 4 is 41.4 Å². The van der Waals surface area contributed by atoms with Gasteiger partial charge in [0.15, 0.2) is 5.92 Å². The summed E-state index contributed by atoms with van der Waals surface area (Å²) < 4.78 is 24.4. The van der Waals surface area contributed by atoms with Crippen LogP contribution in [0.3, 0.4) is 0 Å². The first-order valence-electron chi connectivity index (χ1n) is 11.7. The minimum atomic E-state index is -1.30. The van der Waals surface area contributed by atoms with Crippen LogP contribution in [0.4, 0.5) is 5.95 Å². The van der Waals surface area contributed by atoms with Crippen molar-refractivity contribution in [1.29, 1.82) is 0 Å². The van der Waals surface area contributed by atoms with Gasteiger partial charge in [0, 0.05) is 6.54 Å². The van der Waals surface area contributed by atoms with Gasteiger partial charge in [0.2, 0.25) is 5.95 Å². The summed E-state index contributed by atoms with van der Waals surface area (Å²) in [6, 6.07) is 1.43. The Labute approximate surface area is 215 Å². The van der Waals surface area contributed by atoms with Gasteiger partial charge in [0.05, 0.1) is 51.4 Å². The molecule has 1 atom stereocenters. The summed E-state index contributed by atoms with van der Waals surface area (Å²) in [5.41, 5.74) is 0.158.